The van der Waals surface area contributed by atoms with Gasteiger partial charge in [-0.05, 0) is 36.9 Å². The van der Waals surface area contributed by atoms with Crippen LogP contribution in [0.25, 0.3) is 5.52 Å². The highest BCUT2D eigenvalue weighted by molar-refractivity contribution is 5.94. The van der Waals surface area contributed by atoms with Crippen LogP contribution in [0.3, 0.4) is 0 Å². The molecular weight excluding hydrogens is 384 g/mol. The molecule has 8 heteroatoms. The predicted octanol–water partition coefficient (Wildman–Crippen LogP) is 1.88. The molecule has 2 heterocycles. The molecule has 1 aromatic carbocycles. The number of pyridine rings is 2. The van der Waals surface area contributed by atoms with E-state index in [1.807, 2.05) is 13.1 Å². The number of nitrogens with zero attached hydrogens (tertiary/aromatic N) is 1. The van der Waals surface area contributed by atoms with Crippen LogP contribution in [0.15, 0.2) is 65.6 Å². The molecule has 0 fully saturated rings. The summed E-state index contributed by atoms with van der Waals surface area (Å²) < 4.78 is 1.40. The first-order valence-electron chi connectivity index (χ1n) is 9.61. The number of carbonyl (C=O) groups excluding carboxylic acids is 1. The van der Waals surface area contributed by atoms with E-state index in [1.165, 1.54) is 10.5 Å². The molecule has 8 nitrogen and oxygen atoms in total. The van der Waals surface area contributed by atoms with Crippen molar-refractivity contribution in [3.8, 4) is 0 Å². The van der Waals surface area contributed by atoms with Crippen molar-refractivity contribution in [2.45, 2.75) is 12.5 Å². The molecule has 1 unspecified atom stereocenters. The lowest BCUT2D eigenvalue weighted by atomic mass is 10.0. The average molecular weight is 408 g/mol. The van der Waals surface area contributed by atoms with E-state index < -0.39 is 23.5 Å². The number of likely N-dealkylation sites (N-methyl/N-ethyl adjacent to an activating group) is 1. The largest absolute Gasteiger partial charge is 0.481 e. The number of carbonyl (C=O) groups is 2. The van der Waals surface area contributed by atoms with Crippen molar-refractivity contribution >= 4 is 23.1 Å². The molecule has 0 saturated heterocycles. The van der Waals surface area contributed by atoms with Gasteiger partial charge in [0.05, 0.1) is 18.0 Å². The smallest absolute Gasteiger partial charge is 0.305 e. The van der Waals surface area contributed by atoms with Gasteiger partial charge in [0, 0.05) is 25.0 Å². The summed E-state index contributed by atoms with van der Waals surface area (Å²) in [5.41, 5.74) is 1.67. The third-order valence-corrected chi connectivity index (χ3v) is 4.69. The molecule has 0 radical (unpaired) electrons. The van der Waals surface area contributed by atoms with Gasteiger partial charge in [-0.3, -0.25) is 18.8 Å². The summed E-state index contributed by atoms with van der Waals surface area (Å²) in [7, 11) is 1.87. The van der Waals surface area contributed by atoms with Gasteiger partial charge in [-0.1, -0.05) is 30.3 Å². The minimum atomic E-state index is -1.04. The predicted molar refractivity (Wildman–Crippen MR) is 115 cm³/mol. The number of aromatic nitrogens is 1. The van der Waals surface area contributed by atoms with E-state index in [0.717, 1.165) is 18.8 Å². The number of aliphatic carboxylic acids is 1. The summed E-state index contributed by atoms with van der Waals surface area (Å²) in [5.74, 6) is -1.65. The Labute approximate surface area is 173 Å². The molecule has 0 aliphatic rings. The molecule has 0 aliphatic carbocycles. The Morgan fingerprint density at radius 3 is 2.53 bits per heavy atom. The number of carboxylic acid groups (broad SMARTS) is 1. The van der Waals surface area contributed by atoms with Gasteiger partial charge in [0.1, 0.15) is 5.56 Å². The summed E-state index contributed by atoms with van der Waals surface area (Å²) in [6, 6.07) is 14.8. The van der Waals surface area contributed by atoms with Crippen molar-refractivity contribution in [2.24, 2.45) is 0 Å². The van der Waals surface area contributed by atoms with Gasteiger partial charge in [0.2, 0.25) is 0 Å². The molecule has 1 amide bonds. The quantitative estimate of drug-likeness (QED) is 0.402. The topological polar surface area (TPSA) is 112 Å². The fourth-order valence-corrected chi connectivity index (χ4v) is 3.16. The highest BCUT2D eigenvalue weighted by atomic mass is 16.4. The number of anilines is 1. The maximum atomic E-state index is 12.8. The summed E-state index contributed by atoms with van der Waals surface area (Å²) in [4.78, 5) is 36.9. The lowest BCUT2D eigenvalue weighted by molar-refractivity contribution is -0.137. The van der Waals surface area contributed by atoms with Gasteiger partial charge < -0.3 is 21.1 Å². The maximum Gasteiger partial charge on any atom is 0.305 e. The van der Waals surface area contributed by atoms with Crippen molar-refractivity contribution < 1.29 is 14.7 Å². The number of hydrogen-bond donors (Lipinski definition) is 4. The number of benzene rings is 1. The van der Waals surface area contributed by atoms with Crippen molar-refractivity contribution in [3.05, 3.63) is 82.3 Å². The lowest BCUT2D eigenvalue weighted by Crippen LogP contribution is -2.34. The molecule has 2 aromatic heterocycles. The Bertz CT molecular complexity index is 1100. The molecule has 0 aliphatic heterocycles. The third-order valence-electron chi connectivity index (χ3n) is 4.69. The summed E-state index contributed by atoms with van der Waals surface area (Å²) in [6.45, 7) is 1.54. The van der Waals surface area contributed by atoms with Crippen LogP contribution >= 0.6 is 0 Å². The molecule has 0 saturated carbocycles. The Balaban J connectivity index is 1.85. The number of amides is 1. The number of fused-ring (bicyclic) bond motifs is 1. The monoisotopic (exact) mass is 408 g/mol. The van der Waals surface area contributed by atoms with Crippen LogP contribution in [0.4, 0.5) is 5.69 Å². The summed E-state index contributed by atoms with van der Waals surface area (Å²) in [6.07, 6.45) is 1.33. The Hall–Kier alpha value is -3.65. The number of hydrogen-bond acceptors (Lipinski definition) is 5. The van der Waals surface area contributed by atoms with Crippen LogP contribution in [0.5, 0.6) is 0 Å². The van der Waals surface area contributed by atoms with Gasteiger partial charge in [-0.15, -0.1) is 0 Å². The fourth-order valence-electron chi connectivity index (χ4n) is 3.16. The first-order valence-corrected chi connectivity index (χ1v) is 9.61. The van der Waals surface area contributed by atoms with Gasteiger partial charge in [0.25, 0.3) is 11.5 Å². The van der Waals surface area contributed by atoms with Crippen molar-refractivity contribution in [2.75, 3.05) is 25.5 Å². The molecule has 30 heavy (non-hydrogen) atoms. The molecular formula is C22H24N4O4. The van der Waals surface area contributed by atoms with Gasteiger partial charge in [-0.2, -0.15) is 0 Å². The zero-order valence-corrected chi connectivity index (χ0v) is 16.6. The van der Waals surface area contributed by atoms with Crippen LogP contribution in [0.1, 0.15) is 28.4 Å². The first-order chi connectivity index (χ1) is 14.5. The minimum Gasteiger partial charge on any atom is -0.481 e. The molecule has 0 bridgehead atoms. The molecule has 4 N–H and O–H groups in total. The van der Waals surface area contributed by atoms with E-state index >= 15 is 0 Å². The van der Waals surface area contributed by atoms with E-state index in [1.54, 1.807) is 48.7 Å². The first kappa shape index (κ1) is 21.1. The lowest BCUT2D eigenvalue weighted by Gasteiger charge is -2.17. The fraction of sp³-hybridized carbons (Fsp3) is 0.227. The maximum absolute atomic E-state index is 12.8. The minimum absolute atomic E-state index is 0.0466. The third kappa shape index (κ3) is 5.03. The van der Waals surface area contributed by atoms with Crippen molar-refractivity contribution in [1.82, 2.24) is 15.0 Å². The van der Waals surface area contributed by atoms with Crippen LogP contribution in [0.2, 0.25) is 0 Å². The second kappa shape index (κ2) is 9.71. The molecule has 0 spiro atoms. The normalized spacial score (nSPS) is 11.8. The molecule has 3 aromatic rings. The van der Waals surface area contributed by atoms with E-state index in [0.29, 0.717) is 11.1 Å². The average Bonchev–Trinajstić information content (AvgIpc) is 2.74. The Morgan fingerprint density at radius 2 is 1.83 bits per heavy atom. The van der Waals surface area contributed by atoms with E-state index in [4.69, 9.17) is 0 Å². The summed E-state index contributed by atoms with van der Waals surface area (Å²) in [5, 5.41) is 18.2. The number of nitrogens with one attached hydrogen (secondary N) is 3. The SMILES string of the molecule is CNCCNc1ccn2c(=O)c(C(=O)NC(CC(=O)O)c3ccccc3)ccc2c1. The van der Waals surface area contributed by atoms with Crippen LogP contribution in [0, 0.1) is 0 Å². The Morgan fingerprint density at radius 1 is 1.07 bits per heavy atom. The van der Waals surface area contributed by atoms with E-state index in [9.17, 15) is 19.5 Å². The highest BCUT2D eigenvalue weighted by Gasteiger charge is 2.21. The molecule has 156 valence electrons. The van der Waals surface area contributed by atoms with E-state index in [-0.39, 0.29) is 12.0 Å². The second-order valence-corrected chi connectivity index (χ2v) is 6.83. The summed E-state index contributed by atoms with van der Waals surface area (Å²) >= 11 is 0. The van der Waals surface area contributed by atoms with Gasteiger partial charge >= 0.3 is 5.97 Å². The van der Waals surface area contributed by atoms with Crippen LogP contribution in [-0.2, 0) is 4.79 Å². The zero-order chi connectivity index (χ0) is 21.5. The van der Waals surface area contributed by atoms with Crippen LogP contribution in [-0.4, -0.2) is 41.5 Å². The Kier molecular flexibility index (Phi) is 6.82. The highest BCUT2D eigenvalue weighted by Crippen LogP contribution is 2.17. The standard InChI is InChI=1S/C22H24N4O4/c1-23-10-11-24-16-9-12-26-17(13-16)7-8-18(22(26)30)21(29)25-19(14-20(27)28)15-5-3-2-4-6-15/h2-9,12-13,19,23-24H,10-11,14H2,1H3,(H,25,29)(H,27,28). The van der Waals surface area contributed by atoms with Crippen molar-refractivity contribution in [3.63, 3.8) is 0 Å². The molecule has 3 rings (SSSR count). The van der Waals surface area contributed by atoms with Crippen LogP contribution < -0.4 is 21.5 Å². The molecule has 1 atom stereocenters. The van der Waals surface area contributed by atoms with E-state index in [2.05, 4.69) is 16.0 Å². The van der Waals surface area contributed by atoms with Crippen molar-refractivity contribution in [1.29, 1.82) is 0 Å². The van der Waals surface area contributed by atoms with Gasteiger partial charge in [0.15, 0.2) is 0 Å². The number of carboxylic acids is 1. The zero-order valence-electron chi connectivity index (χ0n) is 16.6. The van der Waals surface area contributed by atoms with Gasteiger partial charge in [-0.25, -0.2) is 0 Å². The number of rotatable bonds is 9. The second-order valence-electron chi connectivity index (χ2n) is 6.83.